The fourth-order valence-electron chi connectivity index (χ4n) is 3.34. The Kier molecular flexibility index (Phi) is 4.68. The van der Waals surface area contributed by atoms with Gasteiger partial charge in [-0.05, 0) is 25.0 Å². The fraction of sp³-hybridized carbons (Fsp3) is 0.286. The van der Waals surface area contributed by atoms with Crippen LogP contribution >= 0.6 is 0 Å². The largest absolute Gasteiger partial charge is 0.367 e. The molecular formula is C21H22N4. The topological polar surface area (TPSA) is 50.7 Å². The standard InChI is InChI=1S/C21H22N4/c1-3-9-16(10-4-1)19-15-20(23-17-11-5-2-6-12-17)25-21(24-19)18-13-7-8-14-22-18/h1,3-4,7-10,13-15,17H,2,5-6,11-12H2,(H,23,24,25). The predicted octanol–water partition coefficient (Wildman–Crippen LogP) is 4.95. The van der Waals surface area contributed by atoms with Gasteiger partial charge in [0.2, 0.25) is 0 Å². The summed E-state index contributed by atoms with van der Waals surface area (Å²) in [5.41, 5.74) is 2.82. The number of aromatic nitrogens is 3. The van der Waals surface area contributed by atoms with Crippen molar-refractivity contribution in [3.63, 3.8) is 0 Å². The number of hydrogen-bond donors (Lipinski definition) is 1. The molecule has 2 heterocycles. The lowest BCUT2D eigenvalue weighted by molar-refractivity contribution is 0.462. The Balaban J connectivity index is 1.72. The molecule has 0 bridgehead atoms. The maximum Gasteiger partial charge on any atom is 0.180 e. The summed E-state index contributed by atoms with van der Waals surface area (Å²) in [7, 11) is 0. The zero-order chi connectivity index (χ0) is 16.9. The number of anilines is 1. The van der Waals surface area contributed by atoms with Crippen LogP contribution in [0, 0.1) is 0 Å². The Morgan fingerprint density at radius 2 is 1.60 bits per heavy atom. The van der Waals surface area contributed by atoms with Crippen molar-refractivity contribution in [2.24, 2.45) is 0 Å². The van der Waals surface area contributed by atoms with Gasteiger partial charge in [0.25, 0.3) is 0 Å². The number of pyridine rings is 1. The molecule has 3 aromatic rings. The molecule has 0 amide bonds. The van der Waals surface area contributed by atoms with Gasteiger partial charge in [0.05, 0.1) is 5.69 Å². The molecule has 25 heavy (non-hydrogen) atoms. The SMILES string of the molecule is c1ccc(-c2cc(NC3CCCCC3)nc(-c3ccccn3)n2)cc1. The van der Waals surface area contributed by atoms with Crippen molar-refractivity contribution in [3.8, 4) is 22.8 Å². The van der Waals surface area contributed by atoms with Crippen LogP contribution in [0.4, 0.5) is 5.82 Å². The van der Waals surface area contributed by atoms with Crippen molar-refractivity contribution >= 4 is 5.82 Å². The molecule has 1 aromatic carbocycles. The molecule has 4 heteroatoms. The van der Waals surface area contributed by atoms with E-state index >= 15 is 0 Å². The summed E-state index contributed by atoms with van der Waals surface area (Å²) < 4.78 is 0. The quantitative estimate of drug-likeness (QED) is 0.735. The molecule has 126 valence electrons. The lowest BCUT2D eigenvalue weighted by Crippen LogP contribution is -2.23. The van der Waals surface area contributed by atoms with E-state index in [0.717, 1.165) is 22.8 Å². The maximum atomic E-state index is 4.75. The van der Waals surface area contributed by atoms with Gasteiger partial charge in [-0.2, -0.15) is 0 Å². The van der Waals surface area contributed by atoms with Crippen LogP contribution in [0.1, 0.15) is 32.1 Å². The third kappa shape index (κ3) is 3.85. The number of rotatable bonds is 4. The summed E-state index contributed by atoms with van der Waals surface area (Å²) in [4.78, 5) is 13.9. The van der Waals surface area contributed by atoms with Crippen LogP contribution in [0.3, 0.4) is 0 Å². The third-order valence-electron chi connectivity index (χ3n) is 4.65. The van der Waals surface area contributed by atoms with Crippen molar-refractivity contribution < 1.29 is 0 Å². The van der Waals surface area contributed by atoms with Crippen molar-refractivity contribution in [1.82, 2.24) is 15.0 Å². The van der Waals surface area contributed by atoms with E-state index in [9.17, 15) is 0 Å². The van der Waals surface area contributed by atoms with Crippen LogP contribution in [-0.4, -0.2) is 21.0 Å². The first-order valence-corrected chi connectivity index (χ1v) is 9.01. The highest BCUT2D eigenvalue weighted by molar-refractivity contribution is 5.66. The monoisotopic (exact) mass is 330 g/mol. The molecule has 0 atom stereocenters. The van der Waals surface area contributed by atoms with E-state index in [1.807, 2.05) is 36.4 Å². The summed E-state index contributed by atoms with van der Waals surface area (Å²) in [5, 5.41) is 3.62. The van der Waals surface area contributed by atoms with Crippen LogP contribution < -0.4 is 5.32 Å². The lowest BCUT2D eigenvalue weighted by Gasteiger charge is -2.23. The minimum atomic E-state index is 0.504. The highest BCUT2D eigenvalue weighted by atomic mass is 15.1. The number of nitrogens with one attached hydrogen (secondary N) is 1. The molecule has 0 unspecified atom stereocenters. The second kappa shape index (κ2) is 7.43. The molecule has 0 aliphatic heterocycles. The summed E-state index contributed by atoms with van der Waals surface area (Å²) in [6, 6.07) is 18.6. The summed E-state index contributed by atoms with van der Waals surface area (Å²) >= 11 is 0. The molecule has 1 saturated carbocycles. The van der Waals surface area contributed by atoms with Gasteiger partial charge in [0.1, 0.15) is 11.5 Å². The van der Waals surface area contributed by atoms with Gasteiger partial charge in [0.15, 0.2) is 5.82 Å². The number of hydrogen-bond acceptors (Lipinski definition) is 4. The molecule has 0 spiro atoms. The van der Waals surface area contributed by atoms with Gasteiger partial charge in [0, 0.05) is 23.9 Å². The Labute approximate surface area is 148 Å². The van der Waals surface area contributed by atoms with Crippen molar-refractivity contribution in [2.75, 3.05) is 5.32 Å². The average molecular weight is 330 g/mol. The predicted molar refractivity (Wildman–Crippen MR) is 101 cm³/mol. The van der Waals surface area contributed by atoms with Gasteiger partial charge in [-0.3, -0.25) is 4.98 Å². The van der Waals surface area contributed by atoms with Crippen LogP contribution in [0.25, 0.3) is 22.8 Å². The number of nitrogens with zero attached hydrogens (tertiary/aromatic N) is 3. The van der Waals surface area contributed by atoms with Gasteiger partial charge in [-0.15, -0.1) is 0 Å². The molecule has 1 aliphatic rings. The summed E-state index contributed by atoms with van der Waals surface area (Å²) in [5.74, 6) is 1.56. The second-order valence-corrected chi connectivity index (χ2v) is 6.52. The maximum absolute atomic E-state index is 4.75. The number of benzene rings is 1. The Hall–Kier alpha value is -2.75. The van der Waals surface area contributed by atoms with Crippen molar-refractivity contribution in [2.45, 2.75) is 38.1 Å². The van der Waals surface area contributed by atoms with Gasteiger partial charge in [-0.25, -0.2) is 9.97 Å². The molecular weight excluding hydrogens is 308 g/mol. The molecule has 1 fully saturated rings. The zero-order valence-corrected chi connectivity index (χ0v) is 14.2. The average Bonchev–Trinajstić information content (AvgIpc) is 2.70. The van der Waals surface area contributed by atoms with E-state index in [2.05, 4.69) is 28.5 Å². The fourth-order valence-corrected chi connectivity index (χ4v) is 3.34. The zero-order valence-electron chi connectivity index (χ0n) is 14.2. The van der Waals surface area contributed by atoms with Crippen molar-refractivity contribution in [3.05, 3.63) is 60.8 Å². The van der Waals surface area contributed by atoms with Gasteiger partial charge < -0.3 is 5.32 Å². The molecule has 1 aliphatic carbocycles. The third-order valence-corrected chi connectivity index (χ3v) is 4.65. The minimum Gasteiger partial charge on any atom is -0.367 e. The van der Waals surface area contributed by atoms with Crippen LogP contribution in [-0.2, 0) is 0 Å². The lowest BCUT2D eigenvalue weighted by atomic mass is 9.95. The van der Waals surface area contributed by atoms with Gasteiger partial charge in [-0.1, -0.05) is 55.7 Å². The highest BCUT2D eigenvalue weighted by Gasteiger charge is 2.15. The normalized spacial score (nSPS) is 15.0. The smallest absolute Gasteiger partial charge is 0.180 e. The first kappa shape index (κ1) is 15.8. The second-order valence-electron chi connectivity index (χ2n) is 6.52. The minimum absolute atomic E-state index is 0.504. The van der Waals surface area contributed by atoms with E-state index in [1.165, 1.54) is 32.1 Å². The van der Waals surface area contributed by atoms with Crippen LogP contribution in [0.2, 0.25) is 0 Å². The van der Waals surface area contributed by atoms with Crippen LogP contribution in [0.15, 0.2) is 60.8 Å². The summed E-state index contributed by atoms with van der Waals surface area (Å²) in [6.07, 6.45) is 8.13. The molecule has 1 N–H and O–H groups in total. The Bertz CT molecular complexity index is 754. The first-order chi connectivity index (χ1) is 12.4. The molecule has 4 nitrogen and oxygen atoms in total. The molecule has 0 saturated heterocycles. The van der Waals surface area contributed by atoms with E-state index in [-0.39, 0.29) is 0 Å². The summed E-state index contributed by atoms with van der Waals surface area (Å²) in [6.45, 7) is 0. The molecule has 2 aromatic heterocycles. The highest BCUT2D eigenvalue weighted by Crippen LogP contribution is 2.26. The molecule has 0 radical (unpaired) electrons. The van der Waals surface area contributed by atoms with E-state index in [0.29, 0.717) is 11.9 Å². The van der Waals surface area contributed by atoms with E-state index in [4.69, 9.17) is 9.97 Å². The molecule has 4 rings (SSSR count). The van der Waals surface area contributed by atoms with E-state index < -0.39 is 0 Å². The Morgan fingerprint density at radius 1 is 0.800 bits per heavy atom. The van der Waals surface area contributed by atoms with Crippen LogP contribution in [0.5, 0.6) is 0 Å². The first-order valence-electron chi connectivity index (χ1n) is 9.01. The van der Waals surface area contributed by atoms with Crippen molar-refractivity contribution in [1.29, 1.82) is 0 Å². The van der Waals surface area contributed by atoms with E-state index in [1.54, 1.807) is 6.20 Å². The van der Waals surface area contributed by atoms with Gasteiger partial charge >= 0.3 is 0 Å². The Morgan fingerprint density at radius 3 is 2.36 bits per heavy atom.